The van der Waals surface area contributed by atoms with E-state index in [-0.39, 0.29) is 5.97 Å². The summed E-state index contributed by atoms with van der Waals surface area (Å²) in [4.78, 5) is 14.7. The van der Waals surface area contributed by atoms with Gasteiger partial charge in [0.25, 0.3) is 0 Å². The Kier molecular flexibility index (Phi) is 3.71. The number of esters is 1. The second-order valence-electron chi connectivity index (χ2n) is 3.53. The zero-order valence-electron chi connectivity index (χ0n) is 9.92. The summed E-state index contributed by atoms with van der Waals surface area (Å²) in [6, 6.07) is 0. The normalized spacial score (nSPS) is 11.6. The van der Waals surface area contributed by atoms with Crippen molar-refractivity contribution in [2.45, 2.75) is 27.7 Å². The van der Waals surface area contributed by atoms with Crippen molar-refractivity contribution in [3.63, 3.8) is 0 Å². The standard InChI is InChI=1S/C11H16N2O3/c1-5-16-11(14)9-6(2)10(8(4)13-15)12-7(9)3/h12,15H,5H2,1-4H3/b13-8+. The van der Waals surface area contributed by atoms with E-state index in [0.29, 0.717) is 29.3 Å². The molecule has 0 fully saturated rings. The number of oxime groups is 1. The zero-order chi connectivity index (χ0) is 12.3. The summed E-state index contributed by atoms with van der Waals surface area (Å²) in [5.41, 5.74) is 3.07. The van der Waals surface area contributed by atoms with Crippen molar-refractivity contribution < 1.29 is 14.7 Å². The molecule has 0 aromatic carbocycles. The van der Waals surface area contributed by atoms with Gasteiger partial charge in [-0.15, -0.1) is 0 Å². The fraction of sp³-hybridized carbons (Fsp3) is 0.455. The molecule has 0 aliphatic rings. The summed E-state index contributed by atoms with van der Waals surface area (Å²) >= 11 is 0. The summed E-state index contributed by atoms with van der Waals surface area (Å²) in [6.07, 6.45) is 0. The van der Waals surface area contributed by atoms with Crippen LogP contribution in [0, 0.1) is 13.8 Å². The first kappa shape index (κ1) is 12.3. The van der Waals surface area contributed by atoms with E-state index in [2.05, 4.69) is 10.1 Å². The molecule has 5 heteroatoms. The number of nitrogens with zero attached hydrogens (tertiary/aromatic N) is 1. The van der Waals surface area contributed by atoms with Gasteiger partial charge in [-0.1, -0.05) is 5.16 Å². The highest BCUT2D eigenvalue weighted by Crippen LogP contribution is 2.19. The van der Waals surface area contributed by atoms with Crippen molar-refractivity contribution in [3.8, 4) is 0 Å². The molecule has 1 rings (SSSR count). The van der Waals surface area contributed by atoms with Gasteiger partial charge in [0.1, 0.15) is 5.71 Å². The van der Waals surface area contributed by atoms with E-state index in [4.69, 9.17) is 9.94 Å². The van der Waals surface area contributed by atoms with Gasteiger partial charge in [-0.05, 0) is 33.3 Å². The lowest BCUT2D eigenvalue weighted by Gasteiger charge is -2.02. The first-order valence-corrected chi connectivity index (χ1v) is 5.08. The molecule has 0 amide bonds. The van der Waals surface area contributed by atoms with E-state index in [1.54, 1.807) is 27.7 Å². The van der Waals surface area contributed by atoms with Crippen LogP contribution in [0.4, 0.5) is 0 Å². The monoisotopic (exact) mass is 224 g/mol. The Morgan fingerprint density at radius 2 is 2.12 bits per heavy atom. The maximum absolute atomic E-state index is 11.7. The minimum atomic E-state index is -0.356. The predicted octanol–water partition coefficient (Wildman–Crippen LogP) is 2.01. The van der Waals surface area contributed by atoms with Crippen LogP contribution in [0.3, 0.4) is 0 Å². The maximum atomic E-state index is 11.7. The number of carbonyl (C=O) groups excluding carboxylic acids is 1. The molecule has 0 aliphatic carbocycles. The molecule has 0 radical (unpaired) electrons. The molecule has 0 spiro atoms. The van der Waals surface area contributed by atoms with Gasteiger partial charge in [-0.3, -0.25) is 0 Å². The maximum Gasteiger partial charge on any atom is 0.340 e. The van der Waals surface area contributed by atoms with Crippen LogP contribution >= 0.6 is 0 Å². The van der Waals surface area contributed by atoms with Crippen molar-refractivity contribution in [1.82, 2.24) is 4.98 Å². The number of hydrogen-bond donors (Lipinski definition) is 2. The van der Waals surface area contributed by atoms with E-state index in [9.17, 15) is 4.79 Å². The van der Waals surface area contributed by atoms with E-state index >= 15 is 0 Å². The predicted molar refractivity (Wildman–Crippen MR) is 60.2 cm³/mol. The Labute approximate surface area is 94.1 Å². The Morgan fingerprint density at radius 3 is 2.62 bits per heavy atom. The highest BCUT2D eigenvalue weighted by molar-refractivity contribution is 6.02. The van der Waals surface area contributed by atoms with E-state index < -0.39 is 0 Å². The quantitative estimate of drug-likeness (QED) is 0.357. The van der Waals surface area contributed by atoms with Crippen molar-refractivity contribution in [3.05, 3.63) is 22.5 Å². The van der Waals surface area contributed by atoms with Crippen LogP contribution in [0.2, 0.25) is 0 Å². The Balaban J connectivity index is 3.22. The van der Waals surface area contributed by atoms with Gasteiger partial charge in [0.15, 0.2) is 0 Å². The lowest BCUT2D eigenvalue weighted by atomic mass is 10.1. The summed E-state index contributed by atoms with van der Waals surface area (Å²) in [5, 5.41) is 11.8. The molecule has 0 unspecified atom stereocenters. The third-order valence-corrected chi connectivity index (χ3v) is 2.43. The fourth-order valence-corrected chi connectivity index (χ4v) is 1.67. The number of aryl methyl sites for hydroxylation is 1. The van der Waals surface area contributed by atoms with Gasteiger partial charge < -0.3 is 14.9 Å². The van der Waals surface area contributed by atoms with Gasteiger partial charge in [0, 0.05) is 5.69 Å². The molecule has 0 bridgehead atoms. The van der Waals surface area contributed by atoms with E-state index in [1.165, 1.54) is 0 Å². The van der Waals surface area contributed by atoms with Gasteiger partial charge in [0.2, 0.25) is 0 Å². The number of H-pyrrole nitrogens is 1. The van der Waals surface area contributed by atoms with E-state index in [1.807, 2.05) is 0 Å². The second kappa shape index (κ2) is 4.83. The fourth-order valence-electron chi connectivity index (χ4n) is 1.67. The SMILES string of the molecule is CCOC(=O)c1c(C)[nH]c(/C(C)=N/O)c1C. The third-order valence-electron chi connectivity index (χ3n) is 2.43. The Morgan fingerprint density at radius 1 is 1.50 bits per heavy atom. The number of rotatable bonds is 3. The van der Waals surface area contributed by atoms with Crippen LogP contribution in [-0.2, 0) is 4.74 Å². The van der Waals surface area contributed by atoms with Gasteiger partial charge >= 0.3 is 5.97 Å². The smallest absolute Gasteiger partial charge is 0.340 e. The minimum absolute atomic E-state index is 0.339. The average molecular weight is 224 g/mol. The molecular weight excluding hydrogens is 208 g/mol. The average Bonchev–Trinajstić information content (AvgIpc) is 2.53. The number of carbonyl (C=O) groups is 1. The Bertz CT molecular complexity index is 433. The lowest BCUT2D eigenvalue weighted by Crippen LogP contribution is -2.07. The van der Waals surface area contributed by atoms with Crippen LogP contribution in [0.25, 0.3) is 0 Å². The van der Waals surface area contributed by atoms with Crippen LogP contribution in [0.1, 0.15) is 41.2 Å². The largest absolute Gasteiger partial charge is 0.462 e. The van der Waals surface area contributed by atoms with Crippen molar-refractivity contribution >= 4 is 11.7 Å². The first-order valence-electron chi connectivity index (χ1n) is 5.08. The molecule has 0 atom stereocenters. The lowest BCUT2D eigenvalue weighted by molar-refractivity contribution is 0.0525. The van der Waals surface area contributed by atoms with Crippen molar-refractivity contribution in [2.75, 3.05) is 6.61 Å². The number of hydrogen-bond acceptors (Lipinski definition) is 4. The number of ether oxygens (including phenoxy) is 1. The summed E-state index contributed by atoms with van der Waals surface area (Å²) < 4.78 is 4.95. The van der Waals surface area contributed by atoms with Crippen LogP contribution < -0.4 is 0 Å². The zero-order valence-corrected chi connectivity index (χ0v) is 9.92. The number of aromatic amines is 1. The molecule has 0 aliphatic heterocycles. The summed E-state index contributed by atoms with van der Waals surface area (Å²) in [5.74, 6) is -0.356. The molecule has 0 saturated carbocycles. The van der Waals surface area contributed by atoms with Crippen molar-refractivity contribution in [1.29, 1.82) is 0 Å². The third kappa shape index (κ3) is 2.08. The highest BCUT2D eigenvalue weighted by Gasteiger charge is 2.20. The molecule has 2 N–H and O–H groups in total. The topological polar surface area (TPSA) is 74.7 Å². The van der Waals surface area contributed by atoms with E-state index in [0.717, 1.165) is 5.56 Å². The van der Waals surface area contributed by atoms with Crippen LogP contribution in [-0.4, -0.2) is 28.5 Å². The first-order chi connectivity index (χ1) is 7.52. The molecule has 5 nitrogen and oxygen atoms in total. The van der Waals surface area contributed by atoms with Crippen LogP contribution in [0.15, 0.2) is 5.16 Å². The minimum Gasteiger partial charge on any atom is -0.462 e. The van der Waals surface area contributed by atoms with Crippen LogP contribution in [0.5, 0.6) is 0 Å². The van der Waals surface area contributed by atoms with Gasteiger partial charge in [0.05, 0.1) is 17.9 Å². The summed E-state index contributed by atoms with van der Waals surface area (Å²) in [7, 11) is 0. The Hall–Kier alpha value is -1.78. The summed E-state index contributed by atoms with van der Waals surface area (Å²) in [6.45, 7) is 7.34. The molecule has 1 aromatic rings. The molecule has 0 saturated heterocycles. The van der Waals surface area contributed by atoms with Gasteiger partial charge in [-0.25, -0.2) is 4.79 Å². The van der Waals surface area contributed by atoms with Gasteiger partial charge in [-0.2, -0.15) is 0 Å². The van der Waals surface area contributed by atoms with Crippen molar-refractivity contribution in [2.24, 2.45) is 5.16 Å². The molecule has 1 heterocycles. The number of aromatic nitrogens is 1. The molecule has 16 heavy (non-hydrogen) atoms. The highest BCUT2D eigenvalue weighted by atomic mass is 16.5. The second-order valence-corrected chi connectivity index (χ2v) is 3.53. The molecule has 1 aromatic heterocycles. The molecular formula is C11H16N2O3. The number of nitrogens with one attached hydrogen (secondary N) is 1. The molecule has 88 valence electrons.